The predicted molar refractivity (Wildman–Crippen MR) is 109 cm³/mol. The second-order valence-electron chi connectivity index (χ2n) is 8.14. The summed E-state index contributed by atoms with van der Waals surface area (Å²) in [5, 5.41) is 3.58. The minimum absolute atomic E-state index is 0.223. The van der Waals surface area contributed by atoms with Crippen LogP contribution in [0.5, 0.6) is 0 Å². The Hall–Kier alpha value is -1.39. The van der Waals surface area contributed by atoms with Gasteiger partial charge in [-0.3, -0.25) is 9.69 Å². The number of hydrogen-bond acceptors (Lipinski definition) is 3. The summed E-state index contributed by atoms with van der Waals surface area (Å²) in [5.74, 6) is 0.519. The van der Waals surface area contributed by atoms with Crippen LogP contribution in [0.4, 0.5) is 5.69 Å². The zero-order chi connectivity index (χ0) is 18.5. The number of carbonyl (C=O) groups excluding carboxylic acids is 1. The van der Waals surface area contributed by atoms with Crippen LogP contribution in [-0.2, 0) is 11.3 Å². The molecule has 1 aromatic rings. The summed E-state index contributed by atoms with van der Waals surface area (Å²) in [6.07, 6.45) is 6.98. The van der Waals surface area contributed by atoms with Crippen molar-refractivity contribution in [3.63, 3.8) is 0 Å². The number of anilines is 1. The first-order valence-corrected chi connectivity index (χ1v) is 10.4. The lowest BCUT2D eigenvalue weighted by atomic mass is 9.88. The van der Waals surface area contributed by atoms with Gasteiger partial charge >= 0.3 is 0 Å². The van der Waals surface area contributed by atoms with Gasteiger partial charge in [-0.05, 0) is 49.4 Å². The van der Waals surface area contributed by atoms with Crippen molar-refractivity contribution in [2.45, 2.75) is 65.0 Å². The largest absolute Gasteiger partial charge is 0.315 e. The highest BCUT2D eigenvalue weighted by Crippen LogP contribution is 2.28. The van der Waals surface area contributed by atoms with Crippen molar-refractivity contribution in [3.05, 3.63) is 29.3 Å². The van der Waals surface area contributed by atoms with E-state index in [0.29, 0.717) is 11.9 Å². The minimum atomic E-state index is 0.223. The van der Waals surface area contributed by atoms with Crippen molar-refractivity contribution >= 4 is 11.6 Å². The summed E-state index contributed by atoms with van der Waals surface area (Å²) < 4.78 is 0. The molecule has 1 aliphatic carbocycles. The zero-order valence-corrected chi connectivity index (χ0v) is 16.8. The van der Waals surface area contributed by atoms with Gasteiger partial charge < -0.3 is 10.2 Å². The van der Waals surface area contributed by atoms with Crippen LogP contribution >= 0.6 is 0 Å². The Kier molecular flexibility index (Phi) is 6.71. The second-order valence-corrected chi connectivity index (χ2v) is 8.14. The lowest BCUT2D eigenvalue weighted by molar-refractivity contribution is -0.123. The number of rotatable bonds is 5. The third-order valence-electron chi connectivity index (χ3n) is 6.22. The SMILES string of the molecule is CCC1CN(Cc2ccc(N(C)C(=O)C3CCCCC3)cc2C)CCN1. The predicted octanol–water partition coefficient (Wildman–Crippen LogP) is 3.72. The Balaban J connectivity index is 1.64. The van der Waals surface area contributed by atoms with Crippen molar-refractivity contribution in [1.29, 1.82) is 0 Å². The number of aryl methyl sites for hydroxylation is 1. The highest BCUT2D eigenvalue weighted by Gasteiger charge is 2.25. The van der Waals surface area contributed by atoms with Gasteiger partial charge in [-0.25, -0.2) is 0 Å². The molecule has 1 aromatic carbocycles. The van der Waals surface area contributed by atoms with Crippen molar-refractivity contribution in [3.8, 4) is 0 Å². The van der Waals surface area contributed by atoms with E-state index in [4.69, 9.17) is 0 Å². The molecule has 3 rings (SSSR count). The topological polar surface area (TPSA) is 35.6 Å². The number of nitrogens with zero attached hydrogens (tertiary/aromatic N) is 2. The average Bonchev–Trinajstić information content (AvgIpc) is 2.69. The maximum absolute atomic E-state index is 12.8. The van der Waals surface area contributed by atoms with Gasteiger partial charge in [0.1, 0.15) is 0 Å². The van der Waals surface area contributed by atoms with Gasteiger partial charge in [0.05, 0.1) is 0 Å². The number of piperazine rings is 1. The Bertz CT molecular complexity index is 609. The first kappa shape index (κ1) is 19.4. The van der Waals surface area contributed by atoms with Crippen LogP contribution in [0, 0.1) is 12.8 Å². The molecule has 0 aromatic heterocycles. The van der Waals surface area contributed by atoms with Crippen molar-refractivity contribution in [2.75, 3.05) is 31.6 Å². The molecule has 2 fully saturated rings. The Labute approximate surface area is 158 Å². The van der Waals surface area contributed by atoms with Gasteiger partial charge in [-0.2, -0.15) is 0 Å². The van der Waals surface area contributed by atoms with Crippen LogP contribution in [0.1, 0.15) is 56.6 Å². The van der Waals surface area contributed by atoms with E-state index in [1.165, 1.54) is 36.8 Å². The molecule has 1 N–H and O–H groups in total. The minimum Gasteiger partial charge on any atom is -0.315 e. The molecule has 26 heavy (non-hydrogen) atoms. The molecule has 0 spiro atoms. The van der Waals surface area contributed by atoms with E-state index in [2.05, 4.69) is 42.3 Å². The molecule has 0 bridgehead atoms. The van der Waals surface area contributed by atoms with Crippen LogP contribution in [0.3, 0.4) is 0 Å². The lowest BCUT2D eigenvalue weighted by Crippen LogP contribution is -2.49. The number of benzene rings is 1. The molecule has 4 heteroatoms. The molecule has 1 aliphatic heterocycles. The summed E-state index contributed by atoms with van der Waals surface area (Å²) in [4.78, 5) is 17.2. The summed E-state index contributed by atoms with van der Waals surface area (Å²) in [6.45, 7) is 8.74. The molecule has 1 unspecified atom stereocenters. The quantitative estimate of drug-likeness (QED) is 0.872. The summed E-state index contributed by atoms with van der Waals surface area (Å²) in [5.41, 5.74) is 3.70. The molecule has 2 aliphatic rings. The lowest BCUT2D eigenvalue weighted by Gasteiger charge is -2.33. The van der Waals surface area contributed by atoms with Crippen LogP contribution in [0.25, 0.3) is 0 Å². The Morgan fingerprint density at radius 1 is 1.27 bits per heavy atom. The zero-order valence-electron chi connectivity index (χ0n) is 16.8. The van der Waals surface area contributed by atoms with Gasteiger partial charge in [0, 0.05) is 50.9 Å². The summed E-state index contributed by atoms with van der Waals surface area (Å²) in [7, 11) is 1.94. The fraction of sp³-hybridized carbons (Fsp3) is 0.682. The van der Waals surface area contributed by atoms with Crippen LogP contribution < -0.4 is 10.2 Å². The molecular formula is C22H35N3O. The van der Waals surface area contributed by atoms with E-state index in [1.54, 1.807) is 0 Å². The molecule has 1 saturated heterocycles. The third-order valence-corrected chi connectivity index (χ3v) is 6.22. The van der Waals surface area contributed by atoms with E-state index in [0.717, 1.165) is 44.7 Å². The number of amides is 1. The molecule has 1 amide bonds. The van der Waals surface area contributed by atoms with Gasteiger partial charge in [-0.15, -0.1) is 0 Å². The van der Waals surface area contributed by atoms with E-state index < -0.39 is 0 Å². The van der Waals surface area contributed by atoms with E-state index >= 15 is 0 Å². The fourth-order valence-corrected chi connectivity index (χ4v) is 4.37. The third kappa shape index (κ3) is 4.66. The molecule has 4 nitrogen and oxygen atoms in total. The maximum atomic E-state index is 12.8. The molecule has 1 saturated carbocycles. The normalized spacial score (nSPS) is 22.3. The van der Waals surface area contributed by atoms with Crippen LogP contribution in [-0.4, -0.2) is 43.5 Å². The Morgan fingerprint density at radius 3 is 2.73 bits per heavy atom. The van der Waals surface area contributed by atoms with Gasteiger partial charge in [0.2, 0.25) is 5.91 Å². The van der Waals surface area contributed by atoms with E-state index in [1.807, 2.05) is 11.9 Å². The molecule has 1 atom stereocenters. The first-order valence-electron chi connectivity index (χ1n) is 10.4. The van der Waals surface area contributed by atoms with Crippen molar-refractivity contribution in [2.24, 2.45) is 5.92 Å². The van der Waals surface area contributed by atoms with Gasteiger partial charge in [0.15, 0.2) is 0 Å². The average molecular weight is 358 g/mol. The molecule has 1 heterocycles. The second kappa shape index (κ2) is 9.01. The smallest absolute Gasteiger partial charge is 0.229 e. The van der Waals surface area contributed by atoms with Crippen molar-refractivity contribution < 1.29 is 4.79 Å². The molecule has 144 valence electrons. The fourth-order valence-electron chi connectivity index (χ4n) is 4.37. The summed E-state index contributed by atoms with van der Waals surface area (Å²) in [6, 6.07) is 7.15. The molecular weight excluding hydrogens is 322 g/mol. The van der Waals surface area contributed by atoms with Crippen molar-refractivity contribution in [1.82, 2.24) is 10.2 Å². The standard InChI is InChI=1S/C22H35N3O/c1-4-20-16-25(13-12-23-20)15-19-10-11-21(14-17(19)2)24(3)22(26)18-8-6-5-7-9-18/h10-11,14,18,20,23H,4-9,12-13,15-16H2,1-3H3. The summed E-state index contributed by atoms with van der Waals surface area (Å²) >= 11 is 0. The van der Waals surface area contributed by atoms with E-state index in [9.17, 15) is 4.79 Å². The number of nitrogens with one attached hydrogen (secondary N) is 1. The monoisotopic (exact) mass is 357 g/mol. The first-order chi connectivity index (χ1) is 12.6. The van der Waals surface area contributed by atoms with Gasteiger partial charge in [-0.1, -0.05) is 32.3 Å². The van der Waals surface area contributed by atoms with Gasteiger partial charge in [0.25, 0.3) is 0 Å². The van der Waals surface area contributed by atoms with Crippen LogP contribution in [0.2, 0.25) is 0 Å². The Morgan fingerprint density at radius 2 is 2.04 bits per heavy atom. The number of hydrogen-bond donors (Lipinski definition) is 1. The number of carbonyl (C=O) groups is 1. The highest BCUT2D eigenvalue weighted by molar-refractivity contribution is 5.94. The maximum Gasteiger partial charge on any atom is 0.229 e. The van der Waals surface area contributed by atoms with Crippen LogP contribution in [0.15, 0.2) is 18.2 Å². The van der Waals surface area contributed by atoms with E-state index in [-0.39, 0.29) is 5.92 Å². The highest BCUT2D eigenvalue weighted by atomic mass is 16.2. The molecule has 0 radical (unpaired) electrons.